The van der Waals surface area contributed by atoms with Gasteiger partial charge in [-0.2, -0.15) is 8.42 Å². The molecular formula is C6H11N3O3S2. The van der Waals surface area contributed by atoms with E-state index in [2.05, 4.69) is 10.0 Å². The molecule has 0 saturated heterocycles. The molecule has 6 nitrogen and oxygen atoms in total. The van der Waals surface area contributed by atoms with Gasteiger partial charge in [0.05, 0.1) is 5.69 Å². The lowest BCUT2D eigenvalue weighted by Crippen LogP contribution is -2.34. The summed E-state index contributed by atoms with van der Waals surface area (Å²) in [6.45, 7) is 0.537. The average molecular weight is 237 g/mol. The number of anilines is 1. The Hall–Kier alpha value is -0.830. The molecule has 0 bridgehead atoms. The van der Waals surface area contributed by atoms with E-state index in [-0.39, 0.29) is 11.6 Å². The second-order valence-corrected chi connectivity index (χ2v) is 4.78. The summed E-state index contributed by atoms with van der Waals surface area (Å²) in [6.07, 6.45) is 0. The predicted molar refractivity (Wildman–Crippen MR) is 55.6 cm³/mol. The number of hydrogen-bond acceptors (Lipinski definition) is 5. The Bertz CT molecular complexity index is 387. The molecule has 1 heterocycles. The molecule has 80 valence electrons. The summed E-state index contributed by atoms with van der Waals surface area (Å²) in [5.41, 5.74) is 0.589. The molecular weight excluding hydrogens is 226 g/mol. The van der Waals surface area contributed by atoms with Crippen LogP contribution in [-0.4, -0.2) is 26.6 Å². The third-order valence-corrected chi connectivity index (χ3v) is 2.71. The van der Waals surface area contributed by atoms with Crippen molar-refractivity contribution >= 4 is 27.2 Å². The molecule has 0 radical (unpaired) electrons. The van der Waals surface area contributed by atoms with Gasteiger partial charge in [-0.3, -0.25) is 0 Å². The number of nitrogens with two attached hydrogens (primary N) is 1. The molecule has 14 heavy (non-hydrogen) atoms. The lowest BCUT2D eigenvalue weighted by atomic mass is 10.5. The van der Waals surface area contributed by atoms with E-state index >= 15 is 0 Å². The summed E-state index contributed by atoms with van der Waals surface area (Å²) >= 11 is 1.20. The van der Waals surface area contributed by atoms with E-state index in [1.165, 1.54) is 11.3 Å². The molecule has 0 aliphatic heterocycles. The van der Waals surface area contributed by atoms with Crippen molar-refractivity contribution in [1.29, 1.82) is 0 Å². The largest absolute Gasteiger partial charge is 0.498 e. The van der Waals surface area contributed by atoms with Crippen LogP contribution in [0.5, 0.6) is 5.06 Å². The lowest BCUT2D eigenvalue weighted by Gasteiger charge is -2.04. The minimum Gasteiger partial charge on any atom is -0.498 e. The fourth-order valence-electron chi connectivity index (χ4n) is 0.826. The standard InChI is InChI=1S/C6H11N3O3S2/c7-14(11,12)9-3-2-8-5-1-4-13-6(5)10/h1,4,8-10H,2-3H2,(H2,7,11,12). The molecule has 8 heteroatoms. The van der Waals surface area contributed by atoms with Gasteiger partial charge in [-0.1, -0.05) is 0 Å². The van der Waals surface area contributed by atoms with Crippen LogP contribution in [0.25, 0.3) is 0 Å². The quantitative estimate of drug-likeness (QED) is 0.526. The molecule has 1 aromatic rings. The van der Waals surface area contributed by atoms with Gasteiger partial charge < -0.3 is 10.4 Å². The first-order valence-electron chi connectivity index (χ1n) is 3.77. The van der Waals surface area contributed by atoms with Crippen molar-refractivity contribution in [3.8, 4) is 5.06 Å². The molecule has 1 rings (SSSR count). The second-order valence-electron chi connectivity index (χ2n) is 2.51. The summed E-state index contributed by atoms with van der Waals surface area (Å²) in [5, 5.41) is 18.7. The van der Waals surface area contributed by atoms with E-state index in [4.69, 9.17) is 5.14 Å². The van der Waals surface area contributed by atoms with Gasteiger partial charge >= 0.3 is 0 Å². The van der Waals surface area contributed by atoms with Gasteiger partial charge in [0.15, 0.2) is 5.06 Å². The molecule has 1 aromatic heterocycles. The van der Waals surface area contributed by atoms with Gasteiger partial charge in [-0.25, -0.2) is 9.86 Å². The number of thiophene rings is 1. The van der Waals surface area contributed by atoms with Crippen LogP contribution in [-0.2, 0) is 10.2 Å². The third kappa shape index (κ3) is 3.92. The minimum absolute atomic E-state index is 0.175. The monoisotopic (exact) mass is 237 g/mol. The molecule has 0 aliphatic rings. The number of hydrogen-bond donors (Lipinski definition) is 4. The minimum atomic E-state index is -3.63. The highest BCUT2D eigenvalue weighted by molar-refractivity contribution is 7.87. The Morgan fingerprint density at radius 1 is 1.50 bits per heavy atom. The summed E-state index contributed by atoms with van der Waals surface area (Å²) < 4.78 is 23.0. The maximum atomic E-state index is 10.5. The van der Waals surface area contributed by atoms with Crippen LogP contribution in [0.3, 0.4) is 0 Å². The molecule has 0 unspecified atom stereocenters. The Morgan fingerprint density at radius 2 is 2.21 bits per heavy atom. The highest BCUT2D eigenvalue weighted by atomic mass is 32.2. The second kappa shape index (κ2) is 4.60. The molecule has 5 N–H and O–H groups in total. The van der Waals surface area contributed by atoms with Crippen molar-refractivity contribution < 1.29 is 13.5 Å². The first-order chi connectivity index (χ1) is 6.49. The molecule has 0 saturated carbocycles. The molecule has 0 fully saturated rings. The molecule has 0 spiro atoms. The van der Waals surface area contributed by atoms with E-state index in [1.807, 2.05) is 0 Å². The molecule has 0 atom stereocenters. The SMILES string of the molecule is NS(=O)(=O)NCCNc1ccsc1O. The van der Waals surface area contributed by atoms with E-state index in [0.29, 0.717) is 12.2 Å². The third-order valence-electron chi connectivity index (χ3n) is 1.39. The normalized spacial score (nSPS) is 11.5. The van der Waals surface area contributed by atoms with Crippen LogP contribution in [0.15, 0.2) is 11.4 Å². The Labute approximate surface area is 85.9 Å². The fraction of sp³-hybridized carbons (Fsp3) is 0.333. The lowest BCUT2D eigenvalue weighted by molar-refractivity contribution is 0.492. The number of rotatable bonds is 5. The van der Waals surface area contributed by atoms with E-state index in [0.717, 1.165) is 0 Å². The van der Waals surface area contributed by atoms with Crippen LogP contribution >= 0.6 is 11.3 Å². The summed E-state index contributed by atoms with van der Waals surface area (Å²) in [6, 6.07) is 1.71. The first kappa shape index (κ1) is 11.2. The Kier molecular flexibility index (Phi) is 3.69. The average Bonchev–Trinajstić information content (AvgIpc) is 2.44. The highest BCUT2D eigenvalue weighted by Crippen LogP contribution is 2.28. The summed E-state index contributed by atoms with van der Waals surface area (Å²) in [5.74, 6) is 0. The molecule has 0 aliphatic carbocycles. The zero-order chi connectivity index (χ0) is 10.6. The van der Waals surface area contributed by atoms with E-state index < -0.39 is 10.2 Å². The van der Waals surface area contributed by atoms with Gasteiger partial charge in [0.25, 0.3) is 10.2 Å². The van der Waals surface area contributed by atoms with Crippen LogP contribution < -0.4 is 15.2 Å². The van der Waals surface area contributed by atoms with Gasteiger partial charge in [-0.05, 0) is 11.4 Å². The van der Waals surface area contributed by atoms with Gasteiger partial charge in [0.2, 0.25) is 0 Å². The fourth-order valence-corrected chi connectivity index (χ4v) is 1.81. The van der Waals surface area contributed by atoms with Crippen molar-refractivity contribution in [3.05, 3.63) is 11.4 Å². The molecule has 0 aromatic carbocycles. The maximum Gasteiger partial charge on any atom is 0.274 e. The van der Waals surface area contributed by atoms with E-state index in [1.54, 1.807) is 11.4 Å². The maximum absolute atomic E-state index is 10.5. The zero-order valence-corrected chi connectivity index (χ0v) is 8.86. The number of nitrogens with one attached hydrogen (secondary N) is 2. The molecule has 0 amide bonds. The van der Waals surface area contributed by atoms with Crippen LogP contribution in [0, 0.1) is 0 Å². The number of aromatic hydroxyl groups is 1. The zero-order valence-electron chi connectivity index (χ0n) is 7.23. The smallest absolute Gasteiger partial charge is 0.274 e. The Morgan fingerprint density at radius 3 is 2.71 bits per heavy atom. The van der Waals surface area contributed by atoms with Gasteiger partial charge in [0.1, 0.15) is 0 Å². The van der Waals surface area contributed by atoms with Crippen molar-refractivity contribution in [2.45, 2.75) is 0 Å². The van der Waals surface area contributed by atoms with Crippen molar-refractivity contribution in [2.24, 2.45) is 5.14 Å². The van der Waals surface area contributed by atoms with Gasteiger partial charge in [-0.15, -0.1) is 11.3 Å². The highest BCUT2D eigenvalue weighted by Gasteiger charge is 2.02. The Balaban J connectivity index is 2.26. The topological polar surface area (TPSA) is 104 Å². The van der Waals surface area contributed by atoms with Crippen LogP contribution in [0.1, 0.15) is 0 Å². The van der Waals surface area contributed by atoms with Gasteiger partial charge in [0, 0.05) is 13.1 Å². The summed E-state index contributed by atoms with van der Waals surface area (Å²) in [4.78, 5) is 0. The van der Waals surface area contributed by atoms with Crippen molar-refractivity contribution in [2.75, 3.05) is 18.4 Å². The van der Waals surface area contributed by atoms with Crippen LogP contribution in [0.4, 0.5) is 5.69 Å². The first-order valence-corrected chi connectivity index (χ1v) is 6.19. The van der Waals surface area contributed by atoms with Crippen LogP contribution in [0.2, 0.25) is 0 Å². The summed E-state index contributed by atoms with van der Waals surface area (Å²) in [7, 11) is -3.63. The van der Waals surface area contributed by atoms with Crippen molar-refractivity contribution in [3.63, 3.8) is 0 Å². The van der Waals surface area contributed by atoms with Crippen molar-refractivity contribution in [1.82, 2.24) is 4.72 Å². The predicted octanol–water partition coefficient (Wildman–Crippen LogP) is -0.341. The van der Waals surface area contributed by atoms with E-state index in [9.17, 15) is 13.5 Å².